The van der Waals surface area contributed by atoms with Crippen LogP contribution in [0.4, 0.5) is 5.69 Å². The third-order valence-electron chi connectivity index (χ3n) is 9.78. The van der Waals surface area contributed by atoms with Gasteiger partial charge in [0, 0.05) is 56.0 Å². The maximum absolute atomic E-state index is 13.4. The van der Waals surface area contributed by atoms with Crippen LogP contribution in [0.2, 0.25) is 10.0 Å². The maximum Gasteiger partial charge on any atom is 0.323 e. The molecule has 10 nitrogen and oxygen atoms in total. The molecule has 1 saturated carbocycles. The van der Waals surface area contributed by atoms with E-state index < -0.39 is 11.5 Å². The zero-order valence-electron chi connectivity index (χ0n) is 27.0. The minimum atomic E-state index is -0.873. The quantitative estimate of drug-likeness (QED) is 0.175. The van der Waals surface area contributed by atoms with Crippen LogP contribution in [0.25, 0.3) is 11.1 Å². The van der Waals surface area contributed by atoms with E-state index in [1.165, 1.54) is 0 Å². The Hall–Kier alpha value is -4.09. The lowest BCUT2D eigenvalue weighted by molar-refractivity contribution is -0.140. The van der Waals surface area contributed by atoms with Gasteiger partial charge in [0.1, 0.15) is 23.1 Å². The summed E-state index contributed by atoms with van der Waals surface area (Å²) in [6, 6.07) is 15.3. The van der Waals surface area contributed by atoms with Crippen LogP contribution < -0.4 is 20.1 Å². The maximum atomic E-state index is 13.4. The van der Waals surface area contributed by atoms with E-state index in [2.05, 4.69) is 33.6 Å². The summed E-state index contributed by atoms with van der Waals surface area (Å²) in [6.07, 6.45) is 3.30. The second-order valence-corrected chi connectivity index (χ2v) is 13.6. The summed E-state index contributed by atoms with van der Waals surface area (Å²) in [5.74, 6) is 0.275. The summed E-state index contributed by atoms with van der Waals surface area (Å²) < 4.78 is 14.0. The van der Waals surface area contributed by atoms with E-state index in [1.807, 2.05) is 35.9 Å². The number of nitrogens with zero attached hydrogens (tertiary/aromatic N) is 3. The van der Waals surface area contributed by atoms with Gasteiger partial charge in [-0.25, -0.2) is 4.98 Å². The van der Waals surface area contributed by atoms with Crippen molar-refractivity contribution in [1.82, 2.24) is 19.8 Å². The number of rotatable bonds is 10. The number of ether oxygens (including phenoxy) is 2. The van der Waals surface area contributed by atoms with Gasteiger partial charge in [0.25, 0.3) is 5.91 Å². The summed E-state index contributed by atoms with van der Waals surface area (Å²) in [7, 11) is 5.51. The largest absolute Gasteiger partial charge is 0.496 e. The predicted octanol–water partition coefficient (Wildman–Crippen LogP) is 6.42. The Morgan fingerprint density at radius 2 is 1.83 bits per heavy atom. The minimum Gasteiger partial charge on any atom is -0.496 e. The molecule has 3 aromatic carbocycles. The molecular weight excluding hydrogens is 653 g/mol. The number of carboxylic acids is 1. The zero-order valence-corrected chi connectivity index (χ0v) is 28.5. The topological polar surface area (TPSA) is 118 Å². The fraction of sp³-hybridized carbons (Fsp3) is 0.361. The van der Waals surface area contributed by atoms with Gasteiger partial charge >= 0.3 is 5.97 Å². The SMILES string of the molecule is COc1cc(O[C@@H]2CCc3c(-c4cccc(NC(=O)c5nc6c(n5C)CCN(C)C6)c4Cl)cccc32)c(Cl)cc1CNC1(C(=O)O)CC1. The highest BCUT2D eigenvalue weighted by Gasteiger charge is 2.50. The normalized spacial score (nSPS) is 17.8. The van der Waals surface area contributed by atoms with Crippen molar-refractivity contribution in [2.24, 2.45) is 7.05 Å². The number of aromatic nitrogens is 2. The highest BCUT2D eigenvalue weighted by atomic mass is 35.5. The minimum absolute atomic E-state index is 0.247. The van der Waals surface area contributed by atoms with Crippen LogP contribution in [0.5, 0.6) is 11.5 Å². The summed E-state index contributed by atoms with van der Waals surface area (Å²) >= 11 is 13.7. The molecule has 3 N–H and O–H groups in total. The molecule has 1 aromatic heterocycles. The van der Waals surface area contributed by atoms with Gasteiger partial charge in [-0.1, -0.05) is 53.5 Å². The van der Waals surface area contributed by atoms with Crippen molar-refractivity contribution < 1.29 is 24.2 Å². The number of halogens is 2. The molecule has 0 spiro atoms. The van der Waals surface area contributed by atoms with Gasteiger partial charge in [-0.15, -0.1) is 0 Å². The Morgan fingerprint density at radius 1 is 1.06 bits per heavy atom. The first-order valence-electron chi connectivity index (χ1n) is 16.0. The Balaban J connectivity index is 1.10. The monoisotopic (exact) mass is 689 g/mol. The number of fused-ring (bicyclic) bond motifs is 2. The van der Waals surface area contributed by atoms with Crippen molar-refractivity contribution in [2.75, 3.05) is 26.0 Å². The van der Waals surface area contributed by atoms with Crippen molar-refractivity contribution in [3.8, 4) is 22.6 Å². The van der Waals surface area contributed by atoms with Crippen LogP contribution >= 0.6 is 23.2 Å². The second kappa shape index (κ2) is 12.7. The number of benzene rings is 3. The summed E-state index contributed by atoms with van der Waals surface area (Å²) in [5, 5.41) is 16.5. The molecule has 250 valence electrons. The van der Waals surface area contributed by atoms with E-state index in [-0.39, 0.29) is 12.0 Å². The molecule has 48 heavy (non-hydrogen) atoms. The molecule has 0 unspecified atom stereocenters. The summed E-state index contributed by atoms with van der Waals surface area (Å²) in [4.78, 5) is 31.9. The van der Waals surface area contributed by atoms with Crippen molar-refractivity contribution in [2.45, 2.75) is 56.8 Å². The van der Waals surface area contributed by atoms with Crippen LogP contribution in [-0.2, 0) is 37.8 Å². The number of aliphatic carboxylic acids is 1. The Bertz CT molecular complexity index is 1940. The van der Waals surface area contributed by atoms with Crippen molar-refractivity contribution in [1.29, 1.82) is 0 Å². The lowest BCUT2D eigenvalue weighted by Crippen LogP contribution is -2.38. The fourth-order valence-corrected chi connectivity index (χ4v) is 7.38. The number of methoxy groups -OCH3 is 1. The standard InChI is InChI=1S/C36H37Cl2N5O5/c1-42-15-12-28-27(19-42)40-33(43(28)2)34(44)41-26-9-5-8-24(32(26)38)21-6-4-7-23-22(21)10-11-29(23)48-31-17-30(47-3)20(16-25(31)37)18-39-36(13-14-36)35(45)46/h4-9,16-17,29,39H,10-15,18-19H2,1-3H3,(H,41,44)(H,45,46)/t29-/m1/s1. The molecule has 1 atom stereocenters. The molecule has 0 saturated heterocycles. The number of imidazole rings is 1. The molecule has 1 amide bonds. The third kappa shape index (κ3) is 5.91. The smallest absolute Gasteiger partial charge is 0.323 e. The van der Waals surface area contributed by atoms with Crippen LogP contribution in [0, 0.1) is 0 Å². The third-order valence-corrected chi connectivity index (χ3v) is 10.5. The number of anilines is 1. The van der Waals surface area contributed by atoms with Gasteiger partial charge in [-0.3, -0.25) is 14.9 Å². The van der Waals surface area contributed by atoms with Crippen LogP contribution in [0.15, 0.2) is 48.5 Å². The molecule has 1 fully saturated rings. The predicted molar refractivity (Wildman–Crippen MR) is 184 cm³/mol. The molecule has 2 aliphatic carbocycles. The van der Waals surface area contributed by atoms with E-state index in [1.54, 1.807) is 25.3 Å². The van der Waals surface area contributed by atoms with Crippen LogP contribution in [-0.4, -0.2) is 57.7 Å². The summed E-state index contributed by atoms with van der Waals surface area (Å²) in [6.45, 7) is 1.96. The van der Waals surface area contributed by atoms with Gasteiger partial charge in [-0.2, -0.15) is 0 Å². The van der Waals surface area contributed by atoms with Crippen LogP contribution in [0.1, 0.15) is 64.1 Å². The highest BCUT2D eigenvalue weighted by molar-refractivity contribution is 6.36. The van der Waals surface area contributed by atoms with Crippen molar-refractivity contribution in [3.63, 3.8) is 0 Å². The van der Waals surface area contributed by atoms with Gasteiger partial charge in [0.05, 0.1) is 28.5 Å². The first-order valence-corrected chi connectivity index (χ1v) is 16.8. The molecule has 0 radical (unpaired) electrons. The van der Waals surface area contributed by atoms with E-state index in [9.17, 15) is 14.7 Å². The number of nitrogens with one attached hydrogen (secondary N) is 2. The number of hydrogen-bond acceptors (Lipinski definition) is 7. The molecule has 0 bridgehead atoms. The van der Waals surface area contributed by atoms with E-state index >= 15 is 0 Å². The molecule has 3 aliphatic rings. The lowest BCUT2D eigenvalue weighted by atomic mass is 9.96. The van der Waals surface area contributed by atoms with Gasteiger partial charge in [0.2, 0.25) is 0 Å². The molecule has 2 heterocycles. The first-order chi connectivity index (χ1) is 23.1. The van der Waals surface area contributed by atoms with Crippen molar-refractivity contribution in [3.05, 3.63) is 92.5 Å². The highest BCUT2D eigenvalue weighted by Crippen LogP contribution is 2.45. The van der Waals surface area contributed by atoms with Gasteiger partial charge in [0.15, 0.2) is 5.82 Å². The molecule has 7 rings (SSSR count). The second-order valence-electron chi connectivity index (χ2n) is 12.9. The zero-order chi connectivity index (χ0) is 33.7. The Morgan fingerprint density at radius 3 is 2.58 bits per heavy atom. The Kier molecular flexibility index (Phi) is 8.62. The lowest BCUT2D eigenvalue weighted by Gasteiger charge is -2.21. The van der Waals surface area contributed by atoms with Gasteiger partial charge in [-0.05, 0) is 61.6 Å². The van der Waals surface area contributed by atoms with Gasteiger partial charge < -0.3 is 29.4 Å². The average Bonchev–Trinajstić information content (AvgIpc) is 3.66. The molecular formula is C36H37Cl2N5O5. The first kappa shape index (κ1) is 32.5. The number of carbonyl (C=O) groups is 2. The number of likely N-dealkylation sites (N-methyl/N-ethyl adjacent to an activating group) is 1. The molecule has 12 heteroatoms. The number of carboxylic acid groups (broad SMARTS) is 1. The number of carbonyl (C=O) groups excluding carboxylic acids is 1. The fourth-order valence-electron chi connectivity index (χ4n) is 6.87. The van der Waals surface area contributed by atoms with E-state index in [0.717, 1.165) is 65.0 Å². The number of amides is 1. The van der Waals surface area contributed by atoms with E-state index in [0.29, 0.717) is 59.0 Å². The summed E-state index contributed by atoms with van der Waals surface area (Å²) in [5.41, 5.74) is 6.39. The average molecular weight is 691 g/mol. The molecule has 1 aliphatic heterocycles. The number of hydrogen-bond donors (Lipinski definition) is 3. The Labute approximate surface area is 289 Å². The van der Waals surface area contributed by atoms with E-state index in [4.69, 9.17) is 32.7 Å². The molecule has 4 aromatic rings. The van der Waals surface area contributed by atoms with Crippen LogP contribution in [0.3, 0.4) is 0 Å². The van der Waals surface area contributed by atoms with Crippen molar-refractivity contribution >= 4 is 40.8 Å².